The van der Waals surface area contributed by atoms with Crippen molar-refractivity contribution < 1.29 is 50.2 Å². The molecule has 4 rings (SSSR count). The highest BCUT2D eigenvalue weighted by Gasteiger charge is 2.43. The predicted molar refractivity (Wildman–Crippen MR) is 104 cm³/mol. The maximum absolute atomic E-state index is 13.2. The van der Waals surface area contributed by atoms with Crippen LogP contribution in [0.25, 0.3) is 11.3 Å². The molecule has 1 N–H and O–H groups in total. The summed E-state index contributed by atoms with van der Waals surface area (Å²) in [4.78, 5) is 11.9. The lowest BCUT2D eigenvalue weighted by Crippen LogP contribution is -2.42. The summed E-state index contributed by atoms with van der Waals surface area (Å²) in [5, 5.41) is 6.45. The average molecular weight is 490 g/mol. The van der Waals surface area contributed by atoms with Crippen LogP contribution in [-0.2, 0) is 20.7 Å². The van der Waals surface area contributed by atoms with Gasteiger partial charge in [-0.1, -0.05) is 11.7 Å². The maximum Gasteiger partial charge on any atom is 0.586 e. The van der Waals surface area contributed by atoms with E-state index in [9.17, 15) is 26.7 Å². The topological polar surface area (TPSA) is 92.1 Å². The average Bonchev–Trinajstić information content (AvgIpc) is 3.29. The molecule has 1 fully saturated rings. The number of aromatic nitrogens is 1. The van der Waals surface area contributed by atoms with Gasteiger partial charge in [-0.15, -0.1) is 22.0 Å². The molecule has 184 valence electrons. The number of rotatable bonds is 9. The predicted octanol–water partition coefficient (Wildman–Crippen LogP) is 4.31. The van der Waals surface area contributed by atoms with E-state index in [1.807, 2.05) is 0 Å². The van der Waals surface area contributed by atoms with Gasteiger partial charge in [-0.25, -0.2) is 0 Å². The van der Waals surface area contributed by atoms with Crippen molar-refractivity contribution in [3.05, 3.63) is 42.3 Å². The number of halogens is 5. The van der Waals surface area contributed by atoms with Gasteiger partial charge in [0.1, 0.15) is 18.1 Å². The summed E-state index contributed by atoms with van der Waals surface area (Å²) < 4.78 is 85.7. The molecule has 0 unspecified atom stereocenters. The highest BCUT2D eigenvalue weighted by molar-refractivity contribution is 5.78. The van der Waals surface area contributed by atoms with Crippen LogP contribution in [0, 0.1) is 0 Å². The molecule has 34 heavy (non-hydrogen) atoms. The molecule has 0 saturated heterocycles. The van der Waals surface area contributed by atoms with E-state index in [-0.39, 0.29) is 30.9 Å². The minimum Gasteiger partial charge on any atom is -0.395 e. The molecule has 0 bridgehead atoms. The van der Waals surface area contributed by atoms with Crippen LogP contribution in [0.4, 0.5) is 22.0 Å². The Labute approximate surface area is 189 Å². The van der Waals surface area contributed by atoms with Crippen LogP contribution in [0.2, 0.25) is 0 Å². The number of amides is 1. The number of carbonyl (C=O) groups is 1. The van der Waals surface area contributed by atoms with Gasteiger partial charge in [-0.2, -0.15) is 0 Å². The molecular formula is C21H19F5N2O6. The number of aryl methyl sites for hydroxylation is 1. The Balaban J connectivity index is 1.17. The van der Waals surface area contributed by atoms with Gasteiger partial charge in [0, 0.05) is 36.6 Å². The lowest BCUT2D eigenvalue weighted by atomic mass is 9.92. The molecule has 8 nitrogen and oxygen atoms in total. The van der Waals surface area contributed by atoms with E-state index in [0.717, 1.165) is 0 Å². The summed E-state index contributed by atoms with van der Waals surface area (Å²) in [6.45, 7) is 3.42. The zero-order valence-corrected chi connectivity index (χ0v) is 17.5. The lowest BCUT2D eigenvalue weighted by Gasteiger charge is -2.34. The Bertz CT molecular complexity index is 1060. The van der Waals surface area contributed by atoms with Gasteiger partial charge in [0.2, 0.25) is 5.91 Å². The third-order valence-electron chi connectivity index (χ3n) is 5.05. The van der Waals surface area contributed by atoms with Crippen LogP contribution in [0.15, 0.2) is 41.1 Å². The zero-order valence-electron chi connectivity index (χ0n) is 17.5. The Hall–Kier alpha value is -3.19. The minimum atomic E-state index is -4.68. The Morgan fingerprint density at radius 1 is 1.18 bits per heavy atom. The maximum atomic E-state index is 13.2. The molecule has 1 amide bonds. The standard InChI is InChI=1S/C21H19F5N2O6/c1-11(27-19(29)10-30-14-7-15(8-14)31-20(22,23)24)2-4-13-9-16(28-34-13)12-3-5-17-18(6-12)33-21(25,26)32-17/h3,5-6,9,14-15H,1-2,4,7-8,10H2,(H,27,29). The summed E-state index contributed by atoms with van der Waals surface area (Å²) in [6, 6.07) is 5.84. The highest BCUT2D eigenvalue weighted by Crippen LogP contribution is 2.42. The van der Waals surface area contributed by atoms with Crippen molar-refractivity contribution in [2.45, 2.75) is 50.5 Å². The first-order valence-electron chi connectivity index (χ1n) is 10.2. The van der Waals surface area contributed by atoms with Crippen molar-refractivity contribution in [1.29, 1.82) is 0 Å². The molecule has 13 heteroatoms. The van der Waals surface area contributed by atoms with Crippen molar-refractivity contribution in [1.82, 2.24) is 10.5 Å². The van der Waals surface area contributed by atoms with Crippen LogP contribution >= 0.6 is 0 Å². The second-order valence-corrected chi connectivity index (χ2v) is 7.75. The molecule has 1 aromatic heterocycles. The van der Waals surface area contributed by atoms with Gasteiger partial charge in [0.15, 0.2) is 11.5 Å². The molecule has 2 heterocycles. The van der Waals surface area contributed by atoms with E-state index in [4.69, 9.17) is 9.26 Å². The van der Waals surface area contributed by atoms with Crippen molar-refractivity contribution >= 4 is 5.91 Å². The molecule has 0 radical (unpaired) electrons. The highest BCUT2D eigenvalue weighted by atomic mass is 19.4. The smallest absolute Gasteiger partial charge is 0.395 e. The van der Waals surface area contributed by atoms with Crippen molar-refractivity contribution in [2.75, 3.05) is 6.61 Å². The molecule has 1 aliphatic carbocycles. The summed E-state index contributed by atoms with van der Waals surface area (Å²) in [6.07, 6.45) is -9.03. The zero-order chi connectivity index (χ0) is 24.5. The van der Waals surface area contributed by atoms with E-state index in [1.54, 1.807) is 6.07 Å². The first kappa shape index (κ1) is 24.0. The number of benzene rings is 1. The fraction of sp³-hybridized carbons (Fsp3) is 0.429. The third-order valence-corrected chi connectivity index (χ3v) is 5.05. The van der Waals surface area contributed by atoms with Gasteiger partial charge < -0.3 is 24.1 Å². The lowest BCUT2D eigenvalue weighted by molar-refractivity contribution is -0.357. The molecule has 0 spiro atoms. The third kappa shape index (κ3) is 6.23. The quantitative estimate of drug-likeness (QED) is 0.524. The van der Waals surface area contributed by atoms with Crippen molar-refractivity contribution in [3.63, 3.8) is 0 Å². The largest absolute Gasteiger partial charge is 0.586 e. The number of allylic oxidation sites excluding steroid dienone is 1. The van der Waals surface area contributed by atoms with E-state index < -0.39 is 30.8 Å². The molecule has 1 aromatic carbocycles. The van der Waals surface area contributed by atoms with Gasteiger partial charge >= 0.3 is 12.7 Å². The van der Waals surface area contributed by atoms with Gasteiger partial charge in [0.25, 0.3) is 0 Å². The number of hydrogen-bond acceptors (Lipinski definition) is 7. The van der Waals surface area contributed by atoms with Crippen molar-refractivity contribution in [3.8, 4) is 22.8 Å². The summed E-state index contributed by atoms with van der Waals surface area (Å²) in [5.41, 5.74) is 1.26. The first-order chi connectivity index (χ1) is 16.0. The number of hydrogen-bond donors (Lipinski definition) is 1. The Morgan fingerprint density at radius 2 is 1.91 bits per heavy atom. The molecular weight excluding hydrogens is 471 g/mol. The molecule has 1 aliphatic heterocycles. The fourth-order valence-electron chi connectivity index (χ4n) is 3.38. The minimum absolute atomic E-state index is 0.0629. The summed E-state index contributed by atoms with van der Waals surface area (Å²) >= 11 is 0. The summed E-state index contributed by atoms with van der Waals surface area (Å²) in [7, 11) is 0. The number of ether oxygens (including phenoxy) is 4. The SMILES string of the molecule is C=C(CCc1cc(-c2ccc3c(c2)OC(F)(F)O3)no1)NC(=O)COC1CC(OC(F)(F)F)C1. The van der Waals surface area contributed by atoms with Gasteiger partial charge in [-0.05, 0) is 24.6 Å². The number of alkyl halides is 5. The second kappa shape index (κ2) is 9.22. The number of carbonyl (C=O) groups excluding carboxylic acids is 1. The normalized spacial score (nSPS) is 20.6. The molecule has 2 aliphatic rings. The molecule has 0 atom stereocenters. The van der Waals surface area contributed by atoms with E-state index >= 15 is 0 Å². The van der Waals surface area contributed by atoms with E-state index in [0.29, 0.717) is 35.6 Å². The monoisotopic (exact) mass is 490 g/mol. The summed E-state index contributed by atoms with van der Waals surface area (Å²) in [5.74, 6) is -0.216. The molecule has 1 saturated carbocycles. The van der Waals surface area contributed by atoms with Gasteiger partial charge in [-0.3, -0.25) is 9.53 Å². The number of nitrogens with zero attached hydrogens (tertiary/aromatic N) is 1. The van der Waals surface area contributed by atoms with Crippen LogP contribution in [0.5, 0.6) is 11.5 Å². The second-order valence-electron chi connectivity index (χ2n) is 7.75. The van der Waals surface area contributed by atoms with Crippen LogP contribution in [0.3, 0.4) is 0 Å². The molecule has 2 aromatic rings. The fourth-order valence-corrected chi connectivity index (χ4v) is 3.38. The van der Waals surface area contributed by atoms with E-state index in [2.05, 4.69) is 31.3 Å². The van der Waals surface area contributed by atoms with E-state index in [1.165, 1.54) is 18.2 Å². The van der Waals surface area contributed by atoms with Crippen LogP contribution in [0.1, 0.15) is 25.0 Å². The number of nitrogens with one attached hydrogen (secondary N) is 1. The van der Waals surface area contributed by atoms with Gasteiger partial charge in [0.05, 0.1) is 12.2 Å². The Morgan fingerprint density at radius 3 is 2.65 bits per heavy atom. The Kier molecular flexibility index (Phi) is 6.49. The van der Waals surface area contributed by atoms with Crippen LogP contribution in [-0.4, -0.2) is 42.5 Å². The van der Waals surface area contributed by atoms with Crippen LogP contribution < -0.4 is 14.8 Å². The number of fused-ring (bicyclic) bond motifs is 1. The van der Waals surface area contributed by atoms with Crippen molar-refractivity contribution in [2.24, 2.45) is 0 Å². The first-order valence-corrected chi connectivity index (χ1v) is 10.2.